The first kappa shape index (κ1) is 19.9. The number of benzene rings is 3. The molecule has 0 saturated carbocycles. The Labute approximate surface area is 176 Å². The Morgan fingerprint density at radius 3 is 2.53 bits per heavy atom. The summed E-state index contributed by atoms with van der Waals surface area (Å²) in [7, 11) is 0. The fraction of sp³-hybridized carbons (Fsp3) is 0.192. The highest BCUT2D eigenvalue weighted by Crippen LogP contribution is 2.44. The molecule has 1 unspecified atom stereocenters. The molecule has 0 radical (unpaired) electrons. The molecule has 0 aromatic heterocycles. The molecule has 0 aliphatic heterocycles. The number of esters is 1. The van der Waals surface area contributed by atoms with E-state index in [1.54, 1.807) is 32.1 Å². The van der Waals surface area contributed by atoms with E-state index < -0.39 is 12.1 Å². The van der Waals surface area contributed by atoms with E-state index in [0.29, 0.717) is 11.5 Å². The van der Waals surface area contributed by atoms with E-state index in [1.165, 1.54) is 28.3 Å². The molecule has 1 atom stereocenters. The van der Waals surface area contributed by atoms with Crippen LogP contribution in [-0.4, -0.2) is 23.8 Å². The average molecular weight is 400 g/mol. The van der Waals surface area contributed by atoms with Crippen LogP contribution in [0.15, 0.2) is 72.8 Å². The van der Waals surface area contributed by atoms with Crippen molar-refractivity contribution in [1.82, 2.24) is 0 Å². The zero-order valence-corrected chi connectivity index (χ0v) is 17.1. The molecule has 4 heteroatoms. The highest BCUT2D eigenvalue weighted by Gasteiger charge is 2.23. The maximum atomic E-state index is 11.8. The first-order valence-corrected chi connectivity index (χ1v) is 10.1. The van der Waals surface area contributed by atoms with Gasteiger partial charge in [0.15, 0.2) is 0 Å². The zero-order valence-electron chi connectivity index (χ0n) is 17.1. The van der Waals surface area contributed by atoms with Gasteiger partial charge >= 0.3 is 5.97 Å². The molecule has 152 valence electrons. The van der Waals surface area contributed by atoms with E-state index in [9.17, 15) is 9.90 Å². The van der Waals surface area contributed by atoms with Crippen LogP contribution in [0.5, 0.6) is 11.5 Å². The Bertz CT molecular complexity index is 1110. The van der Waals surface area contributed by atoms with E-state index in [4.69, 9.17) is 9.47 Å². The normalized spacial score (nSPS) is 13.0. The molecule has 1 aliphatic rings. The van der Waals surface area contributed by atoms with Crippen LogP contribution in [0.25, 0.3) is 22.3 Å². The molecule has 1 N–H and O–H groups in total. The summed E-state index contributed by atoms with van der Waals surface area (Å²) in [6.07, 6.45) is 3.24. The van der Waals surface area contributed by atoms with Gasteiger partial charge in [-0.25, -0.2) is 4.79 Å². The molecule has 0 fully saturated rings. The van der Waals surface area contributed by atoms with Crippen LogP contribution in [-0.2, 0) is 11.2 Å². The lowest BCUT2D eigenvalue weighted by molar-refractivity contribution is -0.129. The summed E-state index contributed by atoms with van der Waals surface area (Å²) in [5.41, 5.74) is 7.04. The van der Waals surface area contributed by atoms with Crippen molar-refractivity contribution < 1.29 is 19.4 Å². The fourth-order valence-corrected chi connectivity index (χ4v) is 3.81. The predicted molar refractivity (Wildman–Crippen MR) is 118 cm³/mol. The first-order chi connectivity index (χ1) is 14.6. The van der Waals surface area contributed by atoms with Crippen molar-refractivity contribution in [3.8, 4) is 33.8 Å². The van der Waals surface area contributed by atoms with Crippen LogP contribution in [0.2, 0.25) is 0 Å². The Kier molecular flexibility index (Phi) is 5.68. The third-order valence-corrected chi connectivity index (χ3v) is 5.10. The quantitative estimate of drug-likeness (QED) is 0.276. The van der Waals surface area contributed by atoms with Crippen LogP contribution in [0.3, 0.4) is 0 Å². The molecule has 30 heavy (non-hydrogen) atoms. The molecular weight excluding hydrogens is 376 g/mol. The van der Waals surface area contributed by atoms with Crippen LogP contribution in [0, 0.1) is 0 Å². The van der Waals surface area contributed by atoms with E-state index in [-0.39, 0.29) is 6.61 Å². The molecule has 0 saturated heterocycles. The summed E-state index contributed by atoms with van der Waals surface area (Å²) >= 11 is 0. The molecule has 0 bridgehead atoms. The highest BCUT2D eigenvalue weighted by molar-refractivity contribution is 5.87. The van der Waals surface area contributed by atoms with Gasteiger partial charge < -0.3 is 14.6 Å². The molecule has 0 amide bonds. The second-order valence-corrected chi connectivity index (χ2v) is 7.40. The number of aliphatic hydroxyl groups is 1. The van der Waals surface area contributed by atoms with Crippen LogP contribution in [0.1, 0.15) is 25.0 Å². The number of carbonyl (C=O) groups is 1. The Morgan fingerprint density at radius 1 is 1.03 bits per heavy atom. The molecule has 3 aromatic rings. The fourth-order valence-electron chi connectivity index (χ4n) is 3.81. The van der Waals surface area contributed by atoms with Crippen LogP contribution >= 0.6 is 0 Å². The van der Waals surface area contributed by atoms with Gasteiger partial charge in [0.2, 0.25) is 0 Å². The van der Waals surface area contributed by atoms with Crippen LogP contribution in [0.4, 0.5) is 0 Å². The number of hydrogen-bond donors (Lipinski definition) is 1. The Balaban J connectivity index is 1.76. The summed E-state index contributed by atoms with van der Waals surface area (Å²) < 4.78 is 11.3. The number of allylic oxidation sites excluding steroid dienone is 1. The molecule has 4 rings (SSSR count). The monoisotopic (exact) mass is 400 g/mol. The van der Waals surface area contributed by atoms with Crippen molar-refractivity contribution in [2.75, 3.05) is 6.61 Å². The summed E-state index contributed by atoms with van der Waals surface area (Å²) in [6, 6.07) is 20.1. The van der Waals surface area contributed by atoms with Crippen molar-refractivity contribution >= 4 is 5.97 Å². The molecule has 3 aromatic carbocycles. The second kappa shape index (κ2) is 8.56. The maximum absolute atomic E-state index is 11.8. The Hall–Kier alpha value is -3.37. The van der Waals surface area contributed by atoms with Crippen molar-refractivity contribution in [3.63, 3.8) is 0 Å². The van der Waals surface area contributed by atoms with E-state index in [0.717, 1.165) is 17.5 Å². The highest BCUT2D eigenvalue weighted by atomic mass is 16.5. The summed E-state index contributed by atoms with van der Waals surface area (Å²) in [5, 5.41) is 9.71. The molecule has 0 spiro atoms. The van der Waals surface area contributed by atoms with Crippen LogP contribution < -0.4 is 9.47 Å². The van der Waals surface area contributed by atoms with Crippen molar-refractivity contribution in [2.45, 2.75) is 26.4 Å². The minimum atomic E-state index is -0.613. The minimum Gasteiger partial charge on any atom is -0.490 e. The smallest absolute Gasteiger partial charge is 0.335 e. The minimum absolute atomic E-state index is 0.147. The van der Waals surface area contributed by atoms with Gasteiger partial charge in [-0.3, -0.25) is 0 Å². The third kappa shape index (κ3) is 4.00. The maximum Gasteiger partial charge on any atom is 0.335 e. The van der Waals surface area contributed by atoms with Gasteiger partial charge in [0.25, 0.3) is 0 Å². The number of hydrogen-bond acceptors (Lipinski definition) is 4. The van der Waals surface area contributed by atoms with Crippen molar-refractivity contribution in [3.05, 3.63) is 83.9 Å². The SMILES string of the molecule is CC=CC(=O)Oc1ccc(-c2cccc3c2Cc2ccccc2-3)c(OCC(C)O)c1. The molecule has 0 heterocycles. The number of aliphatic hydroxyl groups excluding tert-OH is 1. The molecular formula is C26H24O4. The van der Waals surface area contributed by atoms with Gasteiger partial charge in [0.05, 0.1) is 6.10 Å². The molecule has 4 nitrogen and oxygen atoms in total. The first-order valence-electron chi connectivity index (χ1n) is 10.1. The van der Waals surface area contributed by atoms with Gasteiger partial charge in [-0.1, -0.05) is 48.5 Å². The average Bonchev–Trinajstić information content (AvgIpc) is 3.11. The number of fused-ring (bicyclic) bond motifs is 3. The Morgan fingerprint density at radius 2 is 1.77 bits per heavy atom. The zero-order chi connectivity index (χ0) is 21.1. The predicted octanol–water partition coefficient (Wildman–Crippen LogP) is 5.17. The van der Waals surface area contributed by atoms with Gasteiger partial charge in [-0.05, 0) is 60.2 Å². The van der Waals surface area contributed by atoms with Gasteiger partial charge in [0, 0.05) is 17.7 Å². The lowest BCUT2D eigenvalue weighted by Gasteiger charge is -2.16. The third-order valence-electron chi connectivity index (χ3n) is 5.10. The summed E-state index contributed by atoms with van der Waals surface area (Å²) in [6.45, 7) is 3.58. The topological polar surface area (TPSA) is 55.8 Å². The van der Waals surface area contributed by atoms with Gasteiger partial charge in [0.1, 0.15) is 18.1 Å². The second-order valence-electron chi connectivity index (χ2n) is 7.40. The lowest BCUT2D eigenvalue weighted by atomic mass is 9.95. The van der Waals surface area contributed by atoms with Crippen molar-refractivity contribution in [1.29, 1.82) is 0 Å². The van der Waals surface area contributed by atoms with Gasteiger partial charge in [-0.15, -0.1) is 0 Å². The van der Waals surface area contributed by atoms with E-state index in [2.05, 4.69) is 42.5 Å². The van der Waals surface area contributed by atoms with Gasteiger partial charge in [-0.2, -0.15) is 0 Å². The van der Waals surface area contributed by atoms with E-state index in [1.807, 2.05) is 6.07 Å². The summed E-state index contributed by atoms with van der Waals surface area (Å²) in [4.78, 5) is 11.8. The number of rotatable bonds is 6. The lowest BCUT2D eigenvalue weighted by Crippen LogP contribution is -2.13. The largest absolute Gasteiger partial charge is 0.490 e. The summed E-state index contributed by atoms with van der Waals surface area (Å²) in [5.74, 6) is 0.534. The standard InChI is InChI=1S/C26H24O4/c1-3-7-26(28)30-19-12-13-23(25(15-19)29-16-17(2)27)22-11-6-10-21-20-9-5-4-8-18(20)14-24(21)22/h3-13,15,17,27H,14,16H2,1-2H3. The molecule has 1 aliphatic carbocycles. The van der Waals surface area contributed by atoms with E-state index >= 15 is 0 Å². The number of ether oxygens (including phenoxy) is 2. The van der Waals surface area contributed by atoms with Crippen molar-refractivity contribution in [2.24, 2.45) is 0 Å². The number of carbonyl (C=O) groups excluding carboxylic acids is 1.